The molecule has 0 aliphatic heterocycles. The molecule has 0 aromatic carbocycles. The molecule has 0 unspecified atom stereocenters. The summed E-state index contributed by atoms with van der Waals surface area (Å²) in [5.41, 5.74) is 0. The van der Waals surface area contributed by atoms with Crippen LogP contribution in [0.3, 0.4) is 0 Å². The van der Waals surface area contributed by atoms with E-state index in [-0.39, 0.29) is 4.45 Å². The van der Waals surface area contributed by atoms with Crippen LogP contribution >= 0.6 is 28.1 Å². The van der Waals surface area contributed by atoms with E-state index in [1.54, 1.807) is 0 Å². The van der Waals surface area contributed by atoms with Gasteiger partial charge in [-0.2, -0.15) is 0 Å². The van der Waals surface area contributed by atoms with Gasteiger partial charge in [-0.25, -0.2) is 4.99 Å². The fraction of sp³-hybridized carbons (Fsp3) is 0.909. The quantitative estimate of drug-likeness (QED) is 0.307. The largest absolute Gasteiger partial charge is 0.214 e. The molecular weight excluding hydrogens is 258 g/mol. The summed E-state index contributed by atoms with van der Waals surface area (Å²) in [5, 5.41) is 2.60. The van der Waals surface area contributed by atoms with Crippen molar-refractivity contribution in [2.45, 2.75) is 36.6 Å². The molecule has 0 heterocycles. The third kappa shape index (κ3) is 1.19. The van der Waals surface area contributed by atoms with Crippen molar-refractivity contribution in [1.82, 2.24) is 0 Å². The Bertz CT molecular complexity index is 280. The number of isothiocyanates is 1. The standard InChI is InChI=1S/C11H14BrNS/c12-11(13-6-14)9-2-7-1-8(4-9)5-10(11)3-7/h7-10H,1-5H2. The molecule has 0 aromatic rings. The molecule has 0 radical (unpaired) electrons. The Morgan fingerprint density at radius 3 is 2.00 bits per heavy atom. The third-order valence-corrected chi connectivity index (χ3v) is 6.06. The highest BCUT2D eigenvalue weighted by molar-refractivity contribution is 9.10. The van der Waals surface area contributed by atoms with Gasteiger partial charge in [0.25, 0.3) is 0 Å². The van der Waals surface area contributed by atoms with Gasteiger partial charge in [-0.15, -0.1) is 0 Å². The van der Waals surface area contributed by atoms with Crippen LogP contribution in [0.25, 0.3) is 0 Å². The normalized spacial score (nSPS) is 54.4. The average molecular weight is 272 g/mol. The van der Waals surface area contributed by atoms with Crippen LogP contribution in [0.4, 0.5) is 0 Å². The molecule has 0 spiro atoms. The molecule has 4 aliphatic rings. The number of alkyl halides is 1. The maximum absolute atomic E-state index is 4.78. The zero-order valence-corrected chi connectivity index (χ0v) is 10.5. The monoisotopic (exact) mass is 271 g/mol. The van der Waals surface area contributed by atoms with Gasteiger partial charge in [0, 0.05) is 0 Å². The highest BCUT2D eigenvalue weighted by Crippen LogP contribution is 2.61. The van der Waals surface area contributed by atoms with Crippen molar-refractivity contribution < 1.29 is 0 Å². The minimum Gasteiger partial charge on any atom is -0.214 e. The predicted octanol–water partition coefficient (Wildman–Crippen LogP) is 3.64. The maximum atomic E-state index is 4.78. The lowest BCUT2D eigenvalue weighted by Crippen LogP contribution is -2.53. The molecule has 0 atom stereocenters. The van der Waals surface area contributed by atoms with Gasteiger partial charge in [-0.3, -0.25) is 0 Å². The van der Waals surface area contributed by atoms with Crippen LogP contribution in [0.15, 0.2) is 4.99 Å². The zero-order chi connectivity index (χ0) is 9.76. The molecule has 0 amide bonds. The van der Waals surface area contributed by atoms with Gasteiger partial charge in [-0.1, -0.05) is 15.9 Å². The lowest BCUT2D eigenvalue weighted by atomic mass is 9.54. The first-order valence-electron chi connectivity index (χ1n) is 5.50. The summed E-state index contributed by atoms with van der Waals surface area (Å²) in [6, 6.07) is 0. The van der Waals surface area contributed by atoms with Crippen LogP contribution in [-0.4, -0.2) is 9.61 Å². The minimum absolute atomic E-state index is 0.0256. The number of rotatable bonds is 1. The Morgan fingerprint density at radius 1 is 1.07 bits per heavy atom. The minimum atomic E-state index is -0.0256. The van der Waals surface area contributed by atoms with Crippen molar-refractivity contribution in [2.24, 2.45) is 28.7 Å². The van der Waals surface area contributed by atoms with Crippen LogP contribution < -0.4 is 0 Å². The topological polar surface area (TPSA) is 12.4 Å². The van der Waals surface area contributed by atoms with Gasteiger partial charge in [-0.05, 0) is 68.0 Å². The highest BCUT2D eigenvalue weighted by Gasteiger charge is 2.56. The SMILES string of the molecule is S=C=NC1(Br)C2CC3CC(C2)CC1C3. The van der Waals surface area contributed by atoms with Gasteiger partial charge in [0.2, 0.25) is 0 Å². The van der Waals surface area contributed by atoms with Crippen molar-refractivity contribution in [3.8, 4) is 0 Å². The third-order valence-electron chi connectivity index (χ3n) is 4.50. The summed E-state index contributed by atoms with van der Waals surface area (Å²) in [5.74, 6) is 3.44. The average Bonchev–Trinajstić information content (AvgIpc) is 2.14. The number of hydrogen-bond acceptors (Lipinski definition) is 2. The van der Waals surface area contributed by atoms with Crippen molar-refractivity contribution in [1.29, 1.82) is 0 Å². The molecule has 0 N–H and O–H groups in total. The van der Waals surface area contributed by atoms with Crippen molar-refractivity contribution >= 4 is 33.3 Å². The number of nitrogens with zero attached hydrogens (tertiary/aromatic N) is 1. The second-order valence-electron chi connectivity index (χ2n) is 5.24. The molecule has 0 aromatic heterocycles. The van der Waals surface area contributed by atoms with E-state index in [1.165, 1.54) is 32.1 Å². The van der Waals surface area contributed by atoms with E-state index >= 15 is 0 Å². The molecule has 4 bridgehead atoms. The van der Waals surface area contributed by atoms with Gasteiger partial charge >= 0.3 is 0 Å². The number of thiocarbonyl (C=S) groups is 1. The fourth-order valence-electron chi connectivity index (χ4n) is 4.10. The molecule has 4 fully saturated rings. The molecule has 3 heteroatoms. The predicted molar refractivity (Wildman–Crippen MR) is 63.7 cm³/mol. The summed E-state index contributed by atoms with van der Waals surface area (Å²) in [6.07, 6.45) is 6.92. The van der Waals surface area contributed by atoms with Crippen LogP contribution in [-0.2, 0) is 0 Å². The van der Waals surface area contributed by atoms with Crippen LogP contribution in [0, 0.1) is 23.7 Å². The summed E-state index contributed by atoms with van der Waals surface area (Å²) in [4.78, 5) is 4.44. The van der Waals surface area contributed by atoms with E-state index in [9.17, 15) is 0 Å². The Morgan fingerprint density at radius 2 is 1.57 bits per heavy atom. The van der Waals surface area contributed by atoms with Gasteiger partial charge in [0.15, 0.2) is 0 Å². The van der Waals surface area contributed by atoms with E-state index in [0.717, 1.165) is 23.7 Å². The summed E-state index contributed by atoms with van der Waals surface area (Å²) in [7, 11) is 0. The Hall–Kier alpha value is 0.280. The molecule has 0 saturated heterocycles. The number of hydrogen-bond donors (Lipinski definition) is 0. The first-order valence-corrected chi connectivity index (χ1v) is 6.70. The first-order chi connectivity index (χ1) is 6.72. The van der Waals surface area contributed by atoms with E-state index in [4.69, 9.17) is 12.2 Å². The molecule has 4 aliphatic carbocycles. The lowest BCUT2D eigenvalue weighted by molar-refractivity contribution is -0.00990. The highest BCUT2D eigenvalue weighted by atomic mass is 79.9. The van der Waals surface area contributed by atoms with E-state index in [0.29, 0.717) is 0 Å². The lowest BCUT2D eigenvalue weighted by Gasteiger charge is -2.56. The zero-order valence-electron chi connectivity index (χ0n) is 8.08. The number of aliphatic imine (C=N–C) groups is 1. The second-order valence-corrected chi connectivity index (χ2v) is 6.69. The molecule has 1 nitrogen and oxygen atoms in total. The van der Waals surface area contributed by atoms with E-state index < -0.39 is 0 Å². The molecule has 4 rings (SSSR count). The maximum Gasteiger partial charge on any atom is 0.131 e. The smallest absolute Gasteiger partial charge is 0.131 e. The van der Waals surface area contributed by atoms with Gasteiger partial charge in [0.1, 0.15) is 4.45 Å². The summed E-state index contributed by atoms with van der Waals surface area (Å²) < 4.78 is -0.0256. The second kappa shape index (κ2) is 3.13. The number of halogens is 1. The van der Waals surface area contributed by atoms with Crippen LogP contribution in [0.1, 0.15) is 32.1 Å². The molecule has 14 heavy (non-hydrogen) atoms. The van der Waals surface area contributed by atoms with E-state index in [2.05, 4.69) is 26.1 Å². The summed E-state index contributed by atoms with van der Waals surface area (Å²) in [6.45, 7) is 0. The van der Waals surface area contributed by atoms with Gasteiger partial charge in [0.05, 0.1) is 5.16 Å². The Balaban J connectivity index is 1.98. The van der Waals surface area contributed by atoms with Crippen molar-refractivity contribution in [2.75, 3.05) is 0 Å². The van der Waals surface area contributed by atoms with Crippen molar-refractivity contribution in [3.05, 3.63) is 0 Å². The molecule has 4 saturated carbocycles. The van der Waals surface area contributed by atoms with Crippen molar-refractivity contribution in [3.63, 3.8) is 0 Å². The Labute approximate surface area is 98.5 Å². The molecule has 76 valence electrons. The molecular formula is C11H14BrNS. The Kier molecular flexibility index (Phi) is 2.13. The van der Waals surface area contributed by atoms with E-state index in [1.807, 2.05) is 0 Å². The first kappa shape index (κ1) is 9.50. The van der Waals surface area contributed by atoms with Gasteiger partial charge < -0.3 is 0 Å². The fourth-order valence-corrected chi connectivity index (χ4v) is 5.20. The van der Waals surface area contributed by atoms with Crippen LogP contribution in [0.2, 0.25) is 0 Å². The van der Waals surface area contributed by atoms with Crippen LogP contribution in [0.5, 0.6) is 0 Å². The summed E-state index contributed by atoms with van der Waals surface area (Å²) >= 11 is 8.63.